The number of fused-ring (bicyclic) bond motifs is 1. The van der Waals surface area contributed by atoms with Crippen molar-refractivity contribution in [1.29, 1.82) is 0 Å². The van der Waals surface area contributed by atoms with E-state index in [1.54, 1.807) is 0 Å². The molecule has 4 rings (SSSR count). The van der Waals surface area contributed by atoms with Gasteiger partial charge in [0.15, 0.2) is 0 Å². The summed E-state index contributed by atoms with van der Waals surface area (Å²) in [7, 11) is -1.02. The summed E-state index contributed by atoms with van der Waals surface area (Å²) in [5.74, 6) is 2.18. The Morgan fingerprint density at radius 1 is 1.03 bits per heavy atom. The molecule has 1 N–H and O–H groups in total. The van der Waals surface area contributed by atoms with E-state index in [2.05, 4.69) is 5.32 Å². The number of benzene rings is 3. The molecule has 0 fully saturated rings. The molecule has 2 atom stereocenters. The standard InChI is InChI=1S/C26H27NO4S/c1-2-30-24-11-12-25-21(15-24)14-22(16-31-25)26(28)27-23-10-6-9-20(13-23)18-32(29)17-19-7-4-3-5-8-19/h3-13,15,22H,2,14,16-18H2,1H3,(H,27,28). The fraction of sp³-hybridized carbons (Fsp3) is 0.269. The molecule has 0 spiro atoms. The van der Waals surface area contributed by atoms with E-state index in [0.29, 0.717) is 36.8 Å². The topological polar surface area (TPSA) is 64.6 Å². The number of carbonyl (C=O) groups is 1. The number of amides is 1. The van der Waals surface area contributed by atoms with Gasteiger partial charge in [0.2, 0.25) is 5.91 Å². The molecule has 32 heavy (non-hydrogen) atoms. The number of ether oxygens (including phenoxy) is 2. The van der Waals surface area contributed by atoms with Crippen LogP contribution in [0.2, 0.25) is 0 Å². The minimum atomic E-state index is -1.02. The van der Waals surface area contributed by atoms with E-state index in [4.69, 9.17) is 9.47 Å². The Bertz CT molecular complexity index is 1100. The van der Waals surface area contributed by atoms with Gasteiger partial charge in [-0.3, -0.25) is 9.00 Å². The summed E-state index contributed by atoms with van der Waals surface area (Å²) in [6.07, 6.45) is 0.600. The Hall–Kier alpha value is -3.12. The van der Waals surface area contributed by atoms with E-state index < -0.39 is 10.8 Å². The van der Waals surface area contributed by atoms with E-state index in [-0.39, 0.29) is 11.8 Å². The molecule has 1 aliphatic heterocycles. The van der Waals surface area contributed by atoms with Gasteiger partial charge in [0, 0.05) is 28.0 Å². The normalized spacial score (nSPS) is 15.8. The minimum Gasteiger partial charge on any atom is -0.494 e. The second-order valence-electron chi connectivity index (χ2n) is 7.82. The lowest BCUT2D eigenvalue weighted by atomic mass is 9.95. The Morgan fingerprint density at radius 3 is 2.62 bits per heavy atom. The predicted octanol–water partition coefficient (Wildman–Crippen LogP) is 4.72. The van der Waals surface area contributed by atoms with Crippen molar-refractivity contribution in [2.45, 2.75) is 24.9 Å². The zero-order chi connectivity index (χ0) is 22.3. The average Bonchev–Trinajstić information content (AvgIpc) is 2.79. The van der Waals surface area contributed by atoms with Gasteiger partial charge in [0.25, 0.3) is 0 Å². The van der Waals surface area contributed by atoms with Gasteiger partial charge in [-0.15, -0.1) is 0 Å². The molecule has 3 aromatic carbocycles. The number of hydrogen-bond donors (Lipinski definition) is 1. The Kier molecular flexibility index (Phi) is 7.22. The molecule has 0 aromatic heterocycles. The van der Waals surface area contributed by atoms with Crippen LogP contribution in [-0.4, -0.2) is 23.3 Å². The number of hydrogen-bond acceptors (Lipinski definition) is 4. The van der Waals surface area contributed by atoms with Crippen molar-refractivity contribution in [3.05, 3.63) is 89.5 Å². The van der Waals surface area contributed by atoms with Crippen LogP contribution in [0.5, 0.6) is 11.5 Å². The summed E-state index contributed by atoms with van der Waals surface area (Å²) < 4.78 is 23.9. The van der Waals surface area contributed by atoms with Crippen LogP contribution in [0.25, 0.3) is 0 Å². The van der Waals surface area contributed by atoms with Gasteiger partial charge in [-0.05, 0) is 60.4 Å². The van der Waals surface area contributed by atoms with Crippen molar-refractivity contribution >= 4 is 22.4 Å². The summed E-state index contributed by atoms with van der Waals surface area (Å²) in [5, 5.41) is 3.00. The van der Waals surface area contributed by atoms with Gasteiger partial charge in [-0.25, -0.2) is 0 Å². The van der Waals surface area contributed by atoms with Gasteiger partial charge in [0.05, 0.1) is 12.5 Å². The molecule has 166 valence electrons. The highest BCUT2D eigenvalue weighted by atomic mass is 32.2. The molecule has 0 saturated carbocycles. The number of anilines is 1. The van der Waals surface area contributed by atoms with Crippen LogP contribution in [-0.2, 0) is 33.5 Å². The molecule has 6 heteroatoms. The summed E-state index contributed by atoms with van der Waals surface area (Å²) in [6, 6.07) is 23.1. The van der Waals surface area contributed by atoms with E-state index in [0.717, 1.165) is 28.2 Å². The Labute approximate surface area is 191 Å². The molecule has 0 radical (unpaired) electrons. The lowest BCUT2D eigenvalue weighted by molar-refractivity contribution is -0.121. The van der Waals surface area contributed by atoms with Crippen LogP contribution in [0.4, 0.5) is 5.69 Å². The van der Waals surface area contributed by atoms with Crippen molar-refractivity contribution < 1.29 is 18.5 Å². The first-order valence-electron chi connectivity index (χ1n) is 10.8. The maximum absolute atomic E-state index is 12.9. The van der Waals surface area contributed by atoms with Crippen LogP contribution in [0.15, 0.2) is 72.8 Å². The lowest BCUT2D eigenvalue weighted by Gasteiger charge is -2.25. The number of nitrogens with one attached hydrogen (secondary N) is 1. The SMILES string of the molecule is CCOc1ccc2c(c1)CC(C(=O)Nc1cccc(CS(=O)Cc3ccccc3)c1)CO2. The quantitative estimate of drug-likeness (QED) is 0.540. The number of carbonyl (C=O) groups excluding carboxylic acids is 1. The summed E-state index contributed by atoms with van der Waals surface area (Å²) >= 11 is 0. The van der Waals surface area contributed by atoms with Crippen molar-refractivity contribution in [3.63, 3.8) is 0 Å². The fourth-order valence-corrected chi connectivity index (χ4v) is 4.99. The average molecular weight is 450 g/mol. The van der Waals surface area contributed by atoms with Gasteiger partial charge in [-0.1, -0.05) is 42.5 Å². The van der Waals surface area contributed by atoms with E-state index in [1.807, 2.05) is 79.7 Å². The first-order valence-corrected chi connectivity index (χ1v) is 12.3. The van der Waals surface area contributed by atoms with Crippen LogP contribution < -0.4 is 14.8 Å². The highest BCUT2D eigenvalue weighted by molar-refractivity contribution is 7.83. The molecule has 0 aliphatic carbocycles. The van der Waals surface area contributed by atoms with E-state index >= 15 is 0 Å². The first-order chi connectivity index (χ1) is 15.6. The first kappa shape index (κ1) is 22.1. The Balaban J connectivity index is 1.36. The molecular formula is C26H27NO4S. The largest absolute Gasteiger partial charge is 0.494 e. The van der Waals surface area contributed by atoms with Gasteiger partial charge >= 0.3 is 0 Å². The zero-order valence-corrected chi connectivity index (χ0v) is 18.9. The van der Waals surface area contributed by atoms with Crippen molar-refractivity contribution in [3.8, 4) is 11.5 Å². The molecular weight excluding hydrogens is 422 g/mol. The van der Waals surface area contributed by atoms with Crippen LogP contribution in [0.1, 0.15) is 23.6 Å². The molecule has 3 aromatic rings. The molecule has 1 amide bonds. The van der Waals surface area contributed by atoms with E-state index in [1.165, 1.54) is 0 Å². The van der Waals surface area contributed by atoms with Crippen LogP contribution >= 0.6 is 0 Å². The summed E-state index contributed by atoms with van der Waals surface area (Å²) in [6.45, 7) is 2.88. The fourth-order valence-electron chi connectivity index (χ4n) is 3.78. The molecule has 2 unspecified atom stereocenters. The Morgan fingerprint density at radius 2 is 1.81 bits per heavy atom. The van der Waals surface area contributed by atoms with Crippen molar-refractivity contribution in [2.75, 3.05) is 18.5 Å². The summed E-state index contributed by atoms with van der Waals surface area (Å²) in [4.78, 5) is 12.9. The second kappa shape index (κ2) is 10.5. The molecule has 0 bridgehead atoms. The van der Waals surface area contributed by atoms with Gasteiger partial charge in [0.1, 0.15) is 18.1 Å². The van der Waals surface area contributed by atoms with E-state index in [9.17, 15) is 9.00 Å². The highest BCUT2D eigenvalue weighted by Gasteiger charge is 2.26. The van der Waals surface area contributed by atoms with Gasteiger partial charge < -0.3 is 14.8 Å². The third-order valence-corrected chi connectivity index (χ3v) is 6.62. The second-order valence-corrected chi connectivity index (χ2v) is 9.28. The third-order valence-electron chi connectivity index (χ3n) is 5.31. The van der Waals surface area contributed by atoms with Crippen LogP contribution in [0.3, 0.4) is 0 Å². The maximum Gasteiger partial charge on any atom is 0.231 e. The smallest absolute Gasteiger partial charge is 0.231 e. The highest BCUT2D eigenvalue weighted by Crippen LogP contribution is 2.31. The van der Waals surface area contributed by atoms with Crippen LogP contribution in [0, 0.1) is 5.92 Å². The zero-order valence-electron chi connectivity index (χ0n) is 18.1. The number of rotatable bonds is 8. The molecule has 0 saturated heterocycles. The van der Waals surface area contributed by atoms with Crippen molar-refractivity contribution in [1.82, 2.24) is 0 Å². The summed E-state index contributed by atoms with van der Waals surface area (Å²) in [5.41, 5.74) is 3.68. The third kappa shape index (κ3) is 5.77. The maximum atomic E-state index is 12.9. The van der Waals surface area contributed by atoms with Gasteiger partial charge in [-0.2, -0.15) is 0 Å². The lowest BCUT2D eigenvalue weighted by Crippen LogP contribution is -2.32. The molecule has 1 aliphatic rings. The monoisotopic (exact) mass is 449 g/mol. The molecule has 1 heterocycles. The minimum absolute atomic E-state index is 0.0833. The predicted molar refractivity (Wildman–Crippen MR) is 127 cm³/mol. The molecule has 5 nitrogen and oxygen atoms in total. The van der Waals surface area contributed by atoms with Crippen molar-refractivity contribution in [2.24, 2.45) is 5.92 Å².